The normalized spacial score (nSPS) is 11.6. The molecule has 2 aromatic carbocycles. The van der Waals surface area contributed by atoms with Crippen molar-refractivity contribution >= 4 is 6.09 Å². The molecule has 0 radical (unpaired) electrons. The monoisotopic (exact) mass is 429 g/mol. The highest BCUT2D eigenvalue weighted by molar-refractivity contribution is 5.79. The quantitative estimate of drug-likeness (QED) is 0.474. The number of ether oxygens (including phenoxy) is 3. The lowest BCUT2D eigenvalue weighted by molar-refractivity contribution is 0.143. The molecule has 0 bridgehead atoms. The van der Waals surface area contributed by atoms with Gasteiger partial charge >= 0.3 is 12.1 Å². The van der Waals surface area contributed by atoms with Gasteiger partial charge in [-0.15, -0.1) is 0 Å². The molecular weight excluding hydrogens is 406 g/mol. The molecule has 0 saturated carbocycles. The van der Waals surface area contributed by atoms with E-state index in [-0.39, 0.29) is 18.5 Å². The maximum Gasteiger partial charge on any atom is 0.407 e. The van der Waals surface area contributed by atoms with Gasteiger partial charge in [-0.3, -0.25) is 0 Å². The molecule has 1 aromatic heterocycles. The summed E-state index contributed by atoms with van der Waals surface area (Å²) >= 11 is 0. The van der Waals surface area contributed by atoms with Crippen LogP contribution in [0.4, 0.5) is 4.79 Å². The molecule has 0 aliphatic heterocycles. The summed E-state index contributed by atoms with van der Waals surface area (Å²) in [6.07, 6.45) is 1.52. The Morgan fingerprint density at radius 3 is 2.38 bits per heavy atom. The Labute approximate surface area is 186 Å². The second-order valence-electron chi connectivity index (χ2n) is 7.08. The van der Waals surface area contributed by atoms with Gasteiger partial charge in [0.25, 0.3) is 0 Å². The van der Waals surface area contributed by atoms with E-state index in [1.807, 2.05) is 24.3 Å². The molecule has 162 valence electrons. The second-order valence-corrected chi connectivity index (χ2v) is 7.08. The number of amides is 1. The summed E-state index contributed by atoms with van der Waals surface area (Å²) in [4.78, 5) is 20.3. The Bertz CT molecular complexity index is 1140. The Morgan fingerprint density at radius 2 is 1.72 bits per heavy atom. The summed E-state index contributed by atoms with van der Waals surface area (Å²) in [6.45, 7) is 0.648. The number of nitrogens with zero attached hydrogens (tertiary/aromatic N) is 2. The minimum Gasteiger partial charge on any atom is -0.480 e. The van der Waals surface area contributed by atoms with Gasteiger partial charge in [-0.05, 0) is 22.3 Å². The lowest BCUT2D eigenvalue weighted by Gasteiger charge is -2.14. The van der Waals surface area contributed by atoms with Crippen molar-refractivity contribution in [3.63, 3.8) is 0 Å². The first kappa shape index (κ1) is 21.2. The van der Waals surface area contributed by atoms with Crippen LogP contribution in [0.2, 0.25) is 0 Å². The van der Waals surface area contributed by atoms with E-state index in [9.17, 15) is 4.79 Å². The van der Waals surface area contributed by atoms with E-state index >= 15 is 0 Å². The van der Waals surface area contributed by atoms with E-state index < -0.39 is 6.09 Å². The van der Waals surface area contributed by atoms with Crippen molar-refractivity contribution in [2.75, 3.05) is 27.4 Å². The number of methoxy groups -OCH3 is 2. The van der Waals surface area contributed by atoms with Crippen LogP contribution < -0.4 is 14.8 Å². The molecule has 0 unspecified atom stereocenters. The molecule has 3 aromatic rings. The summed E-state index contributed by atoms with van der Waals surface area (Å²) in [7, 11) is 2.99. The smallest absolute Gasteiger partial charge is 0.407 e. The van der Waals surface area contributed by atoms with E-state index in [1.165, 1.54) is 42.7 Å². The Kier molecular flexibility index (Phi) is 6.52. The van der Waals surface area contributed by atoms with E-state index in [1.54, 1.807) is 0 Å². The van der Waals surface area contributed by atoms with Crippen LogP contribution in [-0.2, 0) is 4.74 Å². The fourth-order valence-corrected chi connectivity index (χ4v) is 3.72. The standard InChI is InChI=1S/C25H23N3O4/c1-30-23-17(15-27-24(28-23)31-2)9-7-8-14-26-25(29)32-16-22-20-12-5-3-10-18(20)19-11-4-6-13-21(19)22/h3-6,10-13,15,22H,8,14,16H2,1-2H3,(H,26,29). The van der Waals surface area contributed by atoms with Crippen LogP contribution in [-0.4, -0.2) is 43.4 Å². The molecule has 0 fully saturated rings. The predicted octanol–water partition coefficient (Wildman–Crippen LogP) is 3.77. The highest BCUT2D eigenvalue weighted by Crippen LogP contribution is 2.44. The number of carbonyl (C=O) groups is 1. The Hall–Kier alpha value is -4.05. The number of rotatable bonds is 6. The van der Waals surface area contributed by atoms with Crippen molar-refractivity contribution in [2.24, 2.45) is 0 Å². The zero-order valence-corrected chi connectivity index (χ0v) is 17.9. The summed E-state index contributed by atoms with van der Waals surface area (Å²) in [5.41, 5.74) is 5.32. The zero-order valence-electron chi connectivity index (χ0n) is 17.9. The van der Waals surface area contributed by atoms with Gasteiger partial charge < -0.3 is 19.5 Å². The first-order chi connectivity index (χ1) is 15.7. The summed E-state index contributed by atoms with van der Waals surface area (Å²) in [5, 5.41) is 2.74. The highest BCUT2D eigenvalue weighted by Gasteiger charge is 2.28. The third-order valence-electron chi connectivity index (χ3n) is 5.19. The van der Waals surface area contributed by atoms with Crippen molar-refractivity contribution in [3.8, 4) is 34.9 Å². The van der Waals surface area contributed by atoms with Gasteiger partial charge in [0.15, 0.2) is 0 Å². The van der Waals surface area contributed by atoms with Crippen LogP contribution in [0.15, 0.2) is 54.7 Å². The van der Waals surface area contributed by atoms with E-state index in [0.717, 1.165) is 0 Å². The average molecular weight is 429 g/mol. The van der Waals surface area contributed by atoms with Crippen molar-refractivity contribution < 1.29 is 19.0 Å². The van der Waals surface area contributed by atoms with Gasteiger partial charge in [0.2, 0.25) is 5.88 Å². The molecule has 1 heterocycles. The summed E-state index contributed by atoms with van der Waals surface area (Å²) in [6, 6.07) is 16.7. The molecule has 4 rings (SSSR count). The average Bonchev–Trinajstić information content (AvgIpc) is 3.16. The van der Waals surface area contributed by atoms with E-state index in [4.69, 9.17) is 14.2 Å². The molecule has 0 saturated heterocycles. The number of hydrogen-bond acceptors (Lipinski definition) is 6. The molecule has 1 N–H and O–H groups in total. The number of benzene rings is 2. The third-order valence-corrected chi connectivity index (χ3v) is 5.19. The molecule has 1 amide bonds. The fourth-order valence-electron chi connectivity index (χ4n) is 3.72. The van der Waals surface area contributed by atoms with Crippen LogP contribution in [0.3, 0.4) is 0 Å². The predicted molar refractivity (Wildman–Crippen MR) is 120 cm³/mol. The van der Waals surface area contributed by atoms with Gasteiger partial charge in [0.05, 0.1) is 20.4 Å². The van der Waals surface area contributed by atoms with Crippen LogP contribution in [0.25, 0.3) is 11.1 Å². The zero-order chi connectivity index (χ0) is 22.3. The van der Waals surface area contributed by atoms with E-state index in [0.29, 0.717) is 24.4 Å². The molecule has 0 atom stereocenters. The van der Waals surface area contributed by atoms with Gasteiger partial charge in [-0.2, -0.15) is 4.98 Å². The number of aromatic nitrogens is 2. The summed E-state index contributed by atoms with van der Waals surface area (Å²) < 4.78 is 15.7. The van der Waals surface area contributed by atoms with Crippen molar-refractivity contribution in [1.82, 2.24) is 15.3 Å². The number of alkyl carbamates (subject to hydrolysis) is 1. The second kappa shape index (κ2) is 9.84. The maximum atomic E-state index is 12.2. The fraction of sp³-hybridized carbons (Fsp3) is 0.240. The number of carbonyl (C=O) groups excluding carboxylic acids is 1. The molecule has 0 spiro atoms. The van der Waals surface area contributed by atoms with Crippen LogP contribution in [0, 0.1) is 11.8 Å². The first-order valence-corrected chi connectivity index (χ1v) is 10.2. The van der Waals surface area contributed by atoms with E-state index in [2.05, 4.69) is 51.4 Å². The van der Waals surface area contributed by atoms with Gasteiger partial charge in [-0.1, -0.05) is 60.4 Å². The van der Waals surface area contributed by atoms with Gasteiger partial charge in [0.1, 0.15) is 12.2 Å². The van der Waals surface area contributed by atoms with Gasteiger partial charge in [-0.25, -0.2) is 9.78 Å². The Balaban J connectivity index is 1.29. The lowest BCUT2D eigenvalue weighted by Crippen LogP contribution is -2.26. The van der Waals surface area contributed by atoms with Crippen molar-refractivity contribution in [3.05, 3.63) is 71.4 Å². The van der Waals surface area contributed by atoms with Crippen molar-refractivity contribution in [2.45, 2.75) is 12.3 Å². The first-order valence-electron chi connectivity index (χ1n) is 10.2. The minimum atomic E-state index is -0.459. The number of hydrogen-bond donors (Lipinski definition) is 1. The van der Waals surface area contributed by atoms with Crippen LogP contribution in [0.1, 0.15) is 29.0 Å². The van der Waals surface area contributed by atoms with Crippen LogP contribution >= 0.6 is 0 Å². The molecule has 7 heteroatoms. The number of fused-ring (bicyclic) bond motifs is 3. The molecule has 32 heavy (non-hydrogen) atoms. The highest BCUT2D eigenvalue weighted by atomic mass is 16.5. The minimum absolute atomic E-state index is 0.0375. The van der Waals surface area contributed by atoms with Gasteiger partial charge in [0, 0.05) is 18.9 Å². The number of nitrogens with one attached hydrogen (secondary N) is 1. The molecule has 1 aliphatic rings. The maximum absolute atomic E-state index is 12.2. The molecule has 1 aliphatic carbocycles. The van der Waals surface area contributed by atoms with Crippen molar-refractivity contribution in [1.29, 1.82) is 0 Å². The Morgan fingerprint density at radius 1 is 1.03 bits per heavy atom. The van der Waals surface area contributed by atoms with Crippen LogP contribution in [0.5, 0.6) is 11.9 Å². The third kappa shape index (κ3) is 4.49. The lowest BCUT2D eigenvalue weighted by atomic mass is 9.98. The largest absolute Gasteiger partial charge is 0.480 e. The SMILES string of the molecule is COc1ncc(C#CCCNC(=O)OCC2c3ccccc3-c3ccccc32)c(OC)n1. The summed E-state index contributed by atoms with van der Waals surface area (Å²) in [5.74, 6) is 6.29. The molecule has 7 nitrogen and oxygen atoms in total. The topological polar surface area (TPSA) is 82.6 Å². The molecular formula is C25H23N3O4.